The third-order valence-electron chi connectivity index (χ3n) is 1.11. The minimum Gasteiger partial charge on any atom is -0.347 e. The summed E-state index contributed by atoms with van der Waals surface area (Å²) in [6.45, 7) is 3.82. The van der Waals surface area contributed by atoms with Crippen LogP contribution in [0.15, 0.2) is 12.4 Å². The van der Waals surface area contributed by atoms with Crippen LogP contribution in [0.2, 0.25) is 0 Å². The highest BCUT2D eigenvalue weighted by atomic mass is 35.5. The number of rotatable bonds is 1. The molecular weight excluding hydrogens is 150 g/mol. The van der Waals surface area contributed by atoms with E-state index in [-0.39, 0.29) is 17.9 Å². The molecule has 3 nitrogen and oxygen atoms in total. The lowest BCUT2D eigenvalue weighted by Gasteiger charge is -2.13. The normalized spacial score (nSPS) is 10.7. The maximum Gasteiger partial charge on any atom is 0.125 e. The summed E-state index contributed by atoms with van der Waals surface area (Å²) < 4.78 is 0. The molecule has 10 heavy (non-hydrogen) atoms. The zero-order chi connectivity index (χ0) is 6.91. The largest absolute Gasteiger partial charge is 0.347 e. The van der Waals surface area contributed by atoms with Crippen molar-refractivity contribution in [2.75, 3.05) is 0 Å². The predicted octanol–water partition coefficient (Wildman–Crippen LogP) is 1.03. The Morgan fingerprint density at radius 2 is 2.20 bits per heavy atom. The molecule has 0 spiro atoms. The average molecular weight is 162 g/mol. The van der Waals surface area contributed by atoms with Gasteiger partial charge >= 0.3 is 0 Å². The van der Waals surface area contributed by atoms with Gasteiger partial charge in [-0.05, 0) is 13.8 Å². The summed E-state index contributed by atoms with van der Waals surface area (Å²) in [5, 5.41) is 0. The molecule has 0 aromatic carbocycles. The van der Waals surface area contributed by atoms with Crippen molar-refractivity contribution >= 4 is 12.4 Å². The van der Waals surface area contributed by atoms with E-state index >= 15 is 0 Å². The standard InChI is InChI=1S/C6H11N3.ClH/c1-6(2,7)5-8-3-4-9-5;/h3-4H,7H2,1-2H3,(H,8,9);1H. The van der Waals surface area contributed by atoms with Gasteiger partial charge in [-0.2, -0.15) is 0 Å². The third-order valence-corrected chi connectivity index (χ3v) is 1.11. The predicted molar refractivity (Wildman–Crippen MR) is 43.0 cm³/mol. The number of imidazole rings is 1. The van der Waals surface area contributed by atoms with E-state index < -0.39 is 0 Å². The Bertz CT molecular complexity index is 175. The van der Waals surface area contributed by atoms with Crippen molar-refractivity contribution in [1.29, 1.82) is 0 Å². The molecule has 1 heterocycles. The highest BCUT2D eigenvalue weighted by Crippen LogP contribution is 2.09. The van der Waals surface area contributed by atoms with Gasteiger partial charge in [0, 0.05) is 12.4 Å². The lowest BCUT2D eigenvalue weighted by atomic mass is 10.1. The van der Waals surface area contributed by atoms with Crippen molar-refractivity contribution in [2.24, 2.45) is 5.73 Å². The number of halogens is 1. The highest BCUT2D eigenvalue weighted by Gasteiger charge is 2.15. The van der Waals surface area contributed by atoms with Crippen LogP contribution in [0.25, 0.3) is 0 Å². The molecule has 1 aromatic rings. The van der Waals surface area contributed by atoms with Crippen LogP contribution in [-0.2, 0) is 5.54 Å². The van der Waals surface area contributed by atoms with Crippen molar-refractivity contribution < 1.29 is 0 Å². The van der Waals surface area contributed by atoms with E-state index in [1.165, 1.54) is 0 Å². The second-order valence-corrected chi connectivity index (χ2v) is 2.66. The molecule has 0 amide bonds. The van der Waals surface area contributed by atoms with Gasteiger partial charge in [-0.25, -0.2) is 4.98 Å². The molecule has 0 bridgehead atoms. The summed E-state index contributed by atoms with van der Waals surface area (Å²) in [4.78, 5) is 6.95. The highest BCUT2D eigenvalue weighted by molar-refractivity contribution is 5.85. The lowest BCUT2D eigenvalue weighted by molar-refractivity contribution is 0.520. The Morgan fingerprint density at radius 3 is 2.40 bits per heavy atom. The quantitative estimate of drug-likeness (QED) is 0.647. The fourth-order valence-electron chi connectivity index (χ4n) is 0.618. The summed E-state index contributed by atoms with van der Waals surface area (Å²) in [6.07, 6.45) is 3.47. The molecule has 1 rings (SSSR count). The summed E-state index contributed by atoms with van der Waals surface area (Å²) in [5.41, 5.74) is 5.36. The first-order valence-electron chi connectivity index (χ1n) is 2.89. The molecule has 0 radical (unpaired) electrons. The SMILES string of the molecule is CC(C)(N)c1ncc[nH]1.Cl. The number of nitrogens with one attached hydrogen (secondary N) is 1. The summed E-state index contributed by atoms with van der Waals surface area (Å²) in [7, 11) is 0. The molecule has 0 aliphatic rings. The van der Waals surface area contributed by atoms with Crippen LogP contribution < -0.4 is 5.73 Å². The molecule has 3 N–H and O–H groups in total. The molecule has 0 aliphatic heterocycles. The summed E-state index contributed by atoms with van der Waals surface area (Å²) in [5.74, 6) is 0.822. The summed E-state index contributed by atoms with van der Waals surface area (Å²) in [6, 6.07) is 0. The van der Waals surface area contributed by atoms with Gasteiger partial charge in [-0.3, -0.25) is 0 Å². The van der Waals surface area contributed by atoms with E-state index in [2.05, 4.69) is 9.97 Å². The molecule has 0 unspecified atom stereocenters. The number of hydrogen-bond acceptors (Lipinski definition) is 2. The zero-order valence-electron chi connectivity index (χ0n) is 6.09. The van der Waals surface area contributed by atoms with Crippen LogP contribution in [0.3, 0.4) is 0 Å². The van der Waals surface area contributed by atoms with E-state index in [0.717, 1.165) is 5.82 Å². The van der Waals surface area contributed by atoms with Crippen molar-refractivity contribution in [3.63, 3.8) is 0 Å². The molecule has 0 atom stereocenters. The van der Waals surface area contributed by atoms with Crippen LogP contribution in [0, 0.1) is 0 Å². The van der Waals surface area contributed by atoms with Crippen molar-refractivity contribution in [3.05, 3.63) is 18.2 Å². The number of hydrogen-bond donors (Lipinski definition) is 2. The molecule has 0 saturated carbocycles. The molecule has 0 fully saturated rings. The van der Waals surface area contributed by atoms with Crippen LogP contribution >= 0.6 is 12.4 Å². The Balaban J connectivity index is 0.000000810. The third kappa shape index (κ3) is 2.01. The first kappa shape index (κ1) is 9.46. The molecule has 0 saturated heterocycles. The number of nitrogens with two attached hydrogens (primary N) is 1. The van der Waals surface area contributed by atoms with Gasteiger partial charge in [-0.1, -0.05) is 0 Å². The lowest BCUT2D eigenvalue weighted by Crippen LogP contribution is -2.29. The van der Waals surface area contributed by atoms with Crippen molar-refractivity contribution in [2.45, 2.75) is 19.4 Å². The zero-order valence-corrected chi connectivity index (χ0v) is 6.90. The van der Waals surface area contributed by atoms with Crippen molar-refractivity contribution in [1.82, 2.24) is 9.97 Å². The van der Waals surface area contributed by atoms with Gasteiger partial charge in [0.05, 0.1) is 5.54 Å². The van der Waals surface area contributed by atoms with E-state index in [4.69, 9.17) is 5.73 Å². The van der Waals surface area contributed by atoms with Crippen LogP contribution in [0.4, 0.5) is 0 Å². The van der Waals surface area contributed by atoms with Gasteiger partial charge in [0.15, 0.2) is 0 Å². The Morgan fingerprint density at radius 1 is 1.60 bits per heavy atom. The Kier molecular flexibility index (Phi) is 2.87. The Hall–Kier alpha value is -0.540. The maximum absolute atomic E-state index is 5.71. The van der Waals surface area contributed by atoms with Gasteiger partial charge in [-0.15, -0.1) is 12.4 Å². The van der Waals surface area contributed by atoms with Gasteiger partial charge < -0.3 is 10.7 Å². The smallest absolute Gasteiger partial charge is 0.125 e. The minimum absolute atomic E-state index is 0. The Labute approximate surface area is 66.4 Å². The van der Waals surface area contributed by atoms with Gasteiger partial charge in [0.1, 0.15) is 5.82 Å². The first-order chi connectivity index (χ1) is 4.11. The van der Waals surface area contributed by atoms with Gasteiger partial charge in [0.25, 0.3) is 0 Å². The topological polar surface area (TPSA) is 54.7 Å². The number of H-pyrrole nitrogens is 1. The van der Waals surface area contributed by atoms with Gasteiger partial charge in [0.2, 0.25) is 0 Å². The number of aromatic nitrogens is 2. The van der Waals surface area contributed by atoms with E-state index in [9.17, 15) is 0 Å². The summed E-state index contributed by atoms with van der Waals surface area (Å²) >= 11 is 0. The average Bonchev–Trinajstić information content (AvgIpc) is 2.08. The number of aromatic amines is 1. The minimum atomic E-state index is -0.344. The van der Waals surface area contributed by atoms with Crippen molar-refractivity contribution in [3.8, 4) is 0 Å². The fraction of sp³-hybridized carbons (Fsp3) is 0.500. The maximum atomic E-state index is 5.71. The molecule has 0 aliphatic carbocycles. The van der Waals surface area contributed by atoms with Crippen LogP contribution in [0.5, 0.6) is 0 Å². The van der Waals surface area contributed by atoms with Crippen LogP contribution in [-0.4, -0.2) is 9.97 Å². The second kappa shape index (κ2) is 3.03. The van der Waals surface area contributed by atoms with E-state index in [1.807, 2.05) is 13.8 Å². The first-order valence-corrected chi connectivity index (χ1v) is 2.89. The molecule has 1 aromatic heterocycles. The fourth-order valence-corrected chi connectivity index (χ4v) is 0.618. The monoisotopic (exact) mass is 161 g/mol. The molecular formula is C6H12ClN3. The molecule has 58 valence electrons. The van der Waals surface area contributed by atoms with Crippen LogP contribution in [0.1, 0.15) is 19.7 Å². The van der Waals surface area contributed by atoms with E-state index in [1.54, 1.807) is 12.4 Å². The molecule has 4 heteroatoms. The van der Waals surface area contributed by atoms with E-state index in [0.29, 0.717) is 0 Å². The second-order valence-electron chi connectivity index (χ2n) is 2.66. The number of nitrogens with zero attached hydrogens (tertiary/aromatic N) is 1.